The minimum Gasteiger partial charge on any atom is -0.334 e. The number of H-pyrrole nitrogens is 1. The van der Waals surface area contributed by atoms with E-state index in [2.05, 4.69) is 4.98 Å². The SMILES string of the molecule is CCc1cc2c(=O)n(N)c(=S)[nH]c2s1. The van der Waals surface area contributed by atoms with E-state index in [0.29, 0.717) is 5.39 Å². The van der Waals surface area contributed by atoms with Gasteiger partial charge >= 0.3 is 0 Å². The summed E-state index contributed by atoms with van der Waals surface area (Å²) in [5, 5.41) is 0.614. The molecule has 2 aromatic heterocycles. The summed E-state index contributed by atoms with van der Waals surface area (Å²) in [6.07, 6.45) is 0.907. The number of thiophene rings is 1. The zero-order valence-corrected chi connectivity index (χ0v) is 9.17. The third-order valence-corrected chi connectivity index (χ3v) is 3.51. The van der Waals surface area contributed by atoms with Gasteiger partial charge < -0.3 is 10.8 Å². The van der Waals surface area contributed by atoms with Gasteiger partial charge in [-0.1, -0.05) is 6.92 Å². The fourth-order valence-corrected chi connectivity index (χ4v) is 2.48. The summed E-state index contributed by atoms with van der Waals surface area (Å²) in [6, 6.07) is 1.86. The van der Waals surface area contributed by atoms with Crippen LogP contribution in [0.25, 0.3) is 10.2 Å². The molecule has 6 heteroatoms. The Labute approximate surface area is 89.0 Å². The molecule has 0 aliphatic heterocycles. The van der Waals surface area contributed by atoms with Crippen molar-refractivity contribution in [3.63, 3.8) is 0 Å². The number of hydrogen-bond acceptors (Lipinski definition) is 4. The topological polar surface area (TPSA) is 63.8 Å². The van der Waals surface area contributed by atoms with Crippen LogP contribution in [0.2, 0.25) is 0 Å². The first kappa shape index (κ1) is 9.42. The molecule has 74 valence electrons. The second kappa shape index (κ2) is 3.21. The predicted octanol–water partition coefficient (Wildman–Crippen LogP) is 1.40. The molecule has 0 bridgehead atoms. The highest BCUT2D eigenvalue weighted by molar-refractivity contribution is 7.71. The van der Waals surface area contributed by atoms with Crippen LogP contribution in [0.1, 0.15) is 11.8 Å². The van der Waals surface area contributed by atoms with Crippen LogP contribution in [0.5, 0.6) is 0 Å². The van der Waals surface area contributed by atoms with Gasteiger partial charge in [-0.2, -0.15) is 4.68 Å². The monoisotopic (exact) mass is 227 g/mol. The molecule has 0 aromatic carbocycles. The van der Waals surface area contributed by atoms with Gasteiger partial charge in [0.25, 0.3) is 5.56 Å². The molecule has 0 spiro atoms. The number of aryl methyl sites for hydroxylation is 1. The summed E-state index contributed by atoms with van der Waals surface area (Å²) in [7, 11) is 0. The number of rotatable bonds is 1. The second-order valence-electron chi connectivity index (χ2n) is 2.91. The Morgan fingerprint density at radius 1 is 1.71 bits per heavy atom. The van der Waals surface area contributed by atoms with Crippen LogP contribution in [0.4, 0.5) is 0 Å². The van der Waals surface area contributed by atoms with Crippen LogP contribution in [-0.2, 0) is 6.42 Å². The van der Waals surface area contributed by atoms with Crippen LogP contribution in [0.15, 0.2) is 10.9 Å². The van der Waals surface area contributed by atoms with Gasteiger partial charge in [0.15, 0.2) is 4.77 Å². The molecule has 3 N–H and O–H groups in total. The summed E-state index contributed by atoms with van der Waals surface area (Å²) in [5.41, 5.74) is -0.236. The molecule has 0 amide bonds. The Bertz CT molecular complexity index is 593. The second-order valence-corrected chi connectivity index (χ2v) is 4.44. The van der Waals surface area contributed by atoms with Gasteiger partial charge in [-0.15, -0.1) is 11.3 Å². The summed E-state index contributed by atoms with van der Waals surface area (Å²) >= 11 is 6.45. The fraction of sp³-hybridized carbons (Fsp3) is 0.250. The molecule has 0 unspecified atom stereocenters. The zero-order chi connectivity index (χ0) is 10.3. The lowest BCUT2D eigenvalue weighted by atomic mass is 10.3. The van der Waals surface area contributed by atoms with E-state index < -0.39 is 0 Å². The van der Waals surface area contributed by atoms with E-state index >= 15 is 0 Å². The minimum absolute atomic E-state index is 0.236. The van der Waals surface area contributed by atoms with Crippen molar-refractivity contribution in [3.8, 4) is 0 Å². The van der Waals surface area contributed by atoms with Crippen molar-refractivity contribution in [2.24, 2.45) is 0 Å². The Kier molecular flexibility index (Phi) is 2.16. The van der Waals surface area contributed by atoms with Gasteiger partial charge in [-0.05, 0) is 24.7 Å². The van der Waals surface area contributed by atoms with Crippen LogP contribution in [-0.4, -0.2) is 9.66 Å². The summed E-state index contributed by atoms with van der Waals surface area (Å²) < 4.78 is 1.22. The average molecular weight is 227 g/mol. The van der Waals surface area contributed by atoms with Crippen molar-refractivity contribution in [3.05, 3.63) is 26.1 Å². The molecule has 0 fully saturated rings. The van der Waals surface area contributed by atoms with Crippen molar-refractivity contribution >= 4 is 33.8 Å². The lowest BCUT2D eigenvalue weighted by molar-refractivity contribution is 0.894. The molecule has 0 aliphatic rings. The fourth-order valence-electron chi connectivity index (χ4n) is 1.25. The van der Waals surface area contributed by atoms with Crippen LogP contribution < -0.4 is 11.4 Å². The van der Waals surface area contributed by atoms with Gasteiger partial charge in [-0.3, -0.25) is 4.79 Å². The molecular formula is C8H9N3OS2. The van der Waals surface area contributed by atoms with Crippen molar-refractivity contribution in [2.75, 3.05) is 5.84 Å². The van der Waals surface area contributed by atoms with E-state index in [9.17, 15) is 4.79 Å². The molecule has 14 heavy (non-hydrogen) atoms. The van der Waals surface area contributed by atoms with Crippen LogP contribution in [0.3, 0.4) is 0 Å². The number of aromatic amines is 1. The van der Waals surface area contributed by atoms with E-state index in [0.717, 1.165) is 20.8 Å². The molecule has 0 saturated carbocycles. The molecule has 0 radical (unpaired) electrons. The molecule has 0 atom stereocenters. The Morgan fingerprint density at radius 2 is 2.43 bits per heavy atom. The first-order chi connectivity index (χ1) is 6.63. The first-order valence-corrected chi connectivity index (χ1v) is 5.38. The van der Waals surface area contributed by atoms with Crippen molar-refractivity contribution in [1.82, 2.24) is 9.66 Å². The Balaban J connectivity index is 2.95. The summed E-state index contributed by atoms with van der Waals surface area (Å²) in [5.74, 6) is 5.47. The van der Waals surface area contributed by atoms with E-state index in [1.165, 1.54) is 0 Å². The number of nitrogens with two attached hydrogens (primary N) is 1. The molecule has 0 saturated heterocycles. The lowest BCUT2D eigenvalue weighted by Gasteiger charge is -1.96. The van der Waals surface area contributed by atoms with E-state index in [4.69, 9.17) is 18.1 Å². The Morgan fingerprint density at radius 3 is 3.07 bits per heavy atom. The predicted molar refractivity (Wildman–Crippen MR) is 60.8 cm³/mol. The smallest absolute Gasteiger partial charge is 0.281 e. The van der Waals surface area contributed by atoms with Gasteiger partial charge in [-0.25, -0.2) is 0 Å². The quantitative estimate of drug-likeness (QED) is 0.571. The third-order valence-electron chi connectivity index (χ3n) is 2.02. The standard InChI is InChI=1S/C8H9N3OS2/c1-2-4-3-5-6(14-4)10-8(13)11(9)7(5)12/h3H,2,9H2,1H3,(H,10,13). The molecule has 2 aromatic rings. The van der Waals surface area contributed by atoms with Crippen molar-refractivity contribution < 1.29 is 0 Å². The van der Waals surface area contributed by atoms with Crippen molar-refractivity contribution in [2.45, 2.75) is 13.3 Å². The van der Waals surface area contributed by atoms with E-state index in [1.807, 2.05) is 13.0 Å². The highest BCUT2D eigenvalue weighted by atomic mass is 32.1. The zero-order valence-electron chi connectivity index (χ0n) is 7.53. The number of fused-ring (bicyclic) bond motifs is 1. The summed E-state index contributed by atoms with van der Waals surface area (Å²) in [6.45, 7) is 2.04. The molecule has 2 rings (SSSR count). The van der Waals surface area contributed by atoms with Crippen LogP contribution >= 0.6 is 23.6 Å². The molecule has 4 nitrogen and oxygen atoms in total. The minimum atomic E-state index is -0.236. The van der Waals surface area contributed by atoms with Gasteiger partial charge in [0.1, 0.15) is 4.83 Å². The van der Waals surface area contributed by atoms with E-state index in [-0.39, 0.29) is 10.3 Å². The number of hydrogen-bond donors (Lipinski definition) is 2. The normalized spacial score (nSPS) is 10.9. The largest absolute Gasteiger partial charge is 0.334 e. The van der Waals surface area contributed by atoms with Crippen molar-refractivity contribution in [1.29, 1.82) is 0 Å². The lowest BCUT2D eigenvalue weighted by Crippen LogP contribution is -2.28. The maximum absolute atomic E-state index is 11.6. The van der Waals surface area contributed by atoms with Gasteiger partial charge in [0.2, 0.25) is 0 Å². The van der Waals surface area contributed by atoms with Gasteiger partial charge in [0, 0.05) is 4.88 Å². The maximum Gasteiger partial charge on any atom is 0.281 e. The van der Waals surface area contributed by atoms with E-state index in [1.54, 1.807) is 11.3 Å². The summed E-state index contributed by atoms with van der Waals surface area (Å²) in [4.78, 5) is 16.5. The highest BCUT2D eigenvalue weighted by Crippen LogP contribution is 2.20. The maximum atomic E-state index is 11.6. The van der Waals surface area contributed by atoms with Crippen LogP contribution in [0, 0.1) is 4.77 Å². The number of nitrogens with one attached hydrogen (secondary N) is 1. The average Bonchev–Trinajstić information content (AvgIpc) is 2.57. The number of aromatic nitrogens is 2. The molecule has 2 heterocycles. The third kappa shape index (κ3) is 1.27. The number of nitrogens with zero attached hydrogens (tertiary/aromatic N) is 1. The molecule has 0 aliphatic carbocycles. The van der Waals surface area contributed by atoms with Gasteiger partial charge in [0.05, 0.1) is 5.39 Å². The highest BCUT2D eigenvalue weighted by Gasteiger charge is 2.06. The number of nitrogen functional groups attached to an aromatic ring is 1. The Hall–Kier alpha value is -1.14. The first-order valence-electron chi connectivity index (χ1n) is 4.16. The molecular weight excluding hydrogens is 218 g/mol.